The van der Waals surface area contributed by atoms with Gasteiger partial charge in [0.25, 0.3) is 0 Å². The normalized spacial score (nSPS) is 15.9. The Hall–Kier alpha value is -1.25. The second-order valence-electron chi connectivity index (χ2n) is 3.30. The Labute approximate surface area is 77.9 Å². The van der Waals surface area contributed by atoms with Crippen molar-refractivity contribution in [3.05, 3.63) is 23.7 Å². The molecule has 2 rings (SSSR count). The molecule has 13 heavy (non-hydrogen) atoms. The van der Waals surface area contributed by atoms with Crippen molar-refractivity contribution in [1.82, 2.24) is 5.32 Å². The topological polar surface area (TPSA) is 37.5 Å². The first-order valence-electron chi connectivity index (χ1n) is 4.67. The van der Waals surface area contributed by atoms with Gasteiger partial charge in [0.15, 0.2) is 0 Å². The Morgan fingerprint density at radius 1 is 1.54 bits per heavy atom. The molecule has 0 aromatic carbocycles. The summed E-state index contributed by atoms with van der Waals surface area (Å²) >= 11 is 0. The van der Waals surface area contributed by atoms with Gasteiger partial charge in [0.2, 0.25) is 0 Å². The Kier molecular flexibility index (Phi) is 2.34. The summed E-state index contributed by atoms with van der Waals surface area (Å²) in [5.74, 6) is 3.06. The van der Waals surface area contributed by atoms with Crippen LogP contribution in [0.1, 0.15) is 24.4 Å². The molecule has 1 N–H and O–H groups in total. The zero-order chi connectivity index (χ0) is 9.10. The van der Waals surface area contributed by atoms with E-state index in [0.29, 0.717) is 0 Å². The molecule has 1 aliphatic heterocycles. The molecule has 3 heteroatoms. The van der Waals surface area contributed by atoms with Crippen molar-refractivity contribution in [3.63, 3.8) is 0 Å². The van der Waals surface area contributed by atoms with Gasteiger partial charge in [0, 0.05) is 13.0 Å². The molecule has 2 heterocycles. The number of nitrogens with one attached hydrogen (secondary N) is 1. The fourth-order valence-corrected chi connectivity index (χ4v) is 1.45. The second-order valence-corrected chi connectivity index (χ2v) is 3.30. The molecule has 0 fully saturated rings. The van der Waals surface area contributed by atoms with Crippen molar-refractivity contribution in [2.45, 2.75) is 26.3 Å². The summed E-state index contributed by atoms with van der Waals surface area (Å²) in [4.78, 5) is 4.32. The van der Waals surface area contributed by atoms with E-state index in [9.17, 15) is 0 Å². The summed E-state index contributed by atoms with van der Waals surface area (Å²) < 4.78 is 5.43. The summed E-state index contributed by atoms with van der Waals surface area (Å²) in [6.07, 6.45) is 2.26. The lowest BCUT2D eigenvalue weighted by Crippen LogP contribution is -2.20. The van der Waals surface area contributed by atoms with Crippen LogP contribution < -0.4 is 5.32 Å². The van der Waals surface area contributed by atoms with Gasteiger partial charge in [-0.15, -0.1) is 0 Å². The number of amidine groups is 1. The minimum Gasteiger partial charge on any atom is -0.465 e. The third kappa shape index (κ3) is 2.11. The van der Waals surface area contributed by atoms with Crippen molar-refractivity contribution < 1.29 is 4.42 Å². The Balaban J connectivity index is 1.85. The van der Waals surface area contributed by atoms with Gasteiger partial charge in [0.05, 0.1) is 12.4 Å². The first kappa shape index (κ1) is 8.35. The van der Waals surface area contributed by atoms with Crippen molar-refractivity contribution in [2.75, 3.05) is 6.54 Å². The van der Waals surface area contributed by atoms with E-state index in [1.807, 2.05) is 19.1 Å². The summed E-state index contributed by atoms with van der Waals surface area (Å²) in [6, 6.07) is 3.98. The third-order valence-electron chi connectivity index (χ3n) is 2.14. The average Bonchev–Trinajstić information content (AvgIpc) is 2.71. The molecular formula is C10H14N2O. The molecule has 0 atom stereocenters. The molecule has 0 bridgehead atoms. The van der Waals surface area contributed by atoms with Crippen LogP contribution in [0.4, 0.5) is 0 Å². The number of aliphatic imine (C=N–C) groups is 1. The quantitative estimate of drug-likeness (QED) is 0.750. The number of hydrogen-bond acceptors (Lipinski definition) is 3. The molecule has 0 amide bonds. The van der Waals surface area contributed by atoms with Gasteiger partial charge in [-0.05, 0) is 25.5 Å². The predicted molar refractivity (Wildman–Crippen MR) is 51.8 cm³/mol. The van der Waals surface area contributed by atoms with E-state index in [1.165, 1.54) is 6.42 Å². The molecule has 0 aliphatic carbocycles. The highest BCUT2D eigenvalue weighted by molar-refractivity contribution is 5.83. The van der Waals surface area contributed by atoms with Crippen LogP contribution in [0.25, 0.3) is 0 Å². The van der Waals surface area contributed by atoms with Crippen LogP contribution in [-0.4, -0.2) is 12.4 Å². The molecule has 0 spiro atoms. The highest BCUT2D eigenvalue weighted by Gasteiger charge is 2.05. The first-order valence-corrected chi connectivity index (χ1v) is 4.67. The number of furan rings is 1. The van der Waals surface area contributed by atoms with Gasteiger partial charge in [-0.2, -0.15) is 0 Å². The first-order chi connectivity index (χ1) is 6.34. The lowest BCUT2D eigenvalue weighted by molar-refractivity contribution is 0.477. The minimum atomic E-state index is 0.757. The fourth-order valence-electron chi connectivity index (χ4n) is 1.45. The maximum atomic E-state index is 5.43. The fraction of sp³-hybridized carbons (Fsp3) is 0.500. The molecular weight excluding hydrogens is 164 g/mol. The molecule has 0 unspecified atom stereocenters. The Morgan fingerprint density at radius 2 is 2.46 bits per heavy atom. The van der Waals surface area contributed by atoms with Crippen molar-refractivity contribution in [2.24, 2.45) is 4.99 Å². The van der Waals surface area contributed by atoms with Gasteiger partial charge >= 0.3 is 0 Å². The van der Waals surface area contributed by atoms with Crippen molar-refractivity contribution in [3.8, 4) is 0 Å². The molecule has 3 nitrogen and oxygen atoms in total. The van der Waals surface area contributed by atoms with E-state index < -0.39 is 0 Å². The van der Waals surface area contributed by atoms with E-state index >= 15 is 0 Å². The number of rotatable bonds is 2. The molecule has 70 valence electrons. The van der Waals surface area contributed by atoms with Crippen LogP contribution >= 0.6 is 0 Å². The van der Waals surface area contributed by atoms with Crippen LogP contribution in [-0.2, 0) is 6.54 Å². The maximum Gasteiger partial charge on any atom is 0.123 e. The van der Waals surface area contributed by atoms with Gasteiger partial charge in [0.1, 0.15) is 11.5 Å². The number of aryl methyl sites for hydroxylation is 1. The molecule has 1 aromatic rings. The van der Waals surface area contributed by atoms with Gasteiger partial charge in [-0.1, -0.05) is 0 Å². The highest BCUT2D eigenvalue weighted by atomic mass is 16.3. The Bertz CT molecular complexity index is 314. The van der Waals surface area contributed by atoms with Crippen LogP contribution in [0.15, 0.2) is 21.5 Å². The standard InChI is InChI=1S/C10H14N2O/c1-8-4-5-9(13-8)7-12-10-3-2-6-11-10/h4-5H,2-3,6-7H2,1H3,(H,11,12). The van der Waals surface area contributed by atoms with Crippen molar-refractivity contribution in [1.29, 1.82) is 0 Å². The Morgan fingerprint density at radius 3 is 3.08 bits per heavy atom. The van der Waals surface area contributed by atoms with Crippen LogP contribution in [0.5, 0.6) is 0 Å². The lowest BCUT2D eigenvalue weighted by atomic mass is 10.3. The van der Waals surface area contributed by atoms with E-state index in [-0.39, 0.29) is 0 Å². The molecule has 1 aromatic heterocycles. The van der Waals surface area contributed by atoms with Gasteiger partial charge in [-0.25, -0.2) is 0 Å². The largest absolute Gasteiger partial charge is 0.465 e. The average molecular weight is 178 g/mol. The molecule has 1 aliphatic rings. The minimum absolute atomic E-state index is 0.757. The second kappa shape index (κ2) is 3.64. The zero-order valence-corrected chi connectivity index (χ0v) is 7.84. The van der Waals surface area contributed by atoms with E-state index in [4.69, 9.17) is 4.42 Å². The van der Waals surface area contributed by atoms with Gasteiger partial charge in [-0.3, -0.25) is 4.99 Å². The smallest absolute Gasteiger partial charge is 0.123 e. The number of nitrogens with zero attached hydrogens (tertiary/aromatic N) is 1. The zero-order valence-electron chi connectivity index (χ0n) is 7.84. The summed E-state index contributed by atoms with van der Waals surface area (Å²) in [5, 5.41) is 3.27. The molecule has 0 saturated heterocycles. The highest BCUT2D eigenvalue weighted by Crippen LogP contribution is 2.07. The van der Waals surface area contributed by atoms with E-state index in [1.54, 1.807) is 0 Å². The molecule has 0 saturated carbocycles. The number of hydrogen-bond donors (Lipinski definition) is 1. The predicted octanol–water partition coefficient (Wildman–Crippen LogP) is 1.87. The lowest BCUT2D eigenvalue weighted by Gasteiger charge is -2.01. The third-order valence-corrected chi connectivity index (χ3v) is 2.14. The summed E-state index contributed by atoms with van der Waals surface area (Å²) in [5.41, 5.74) is 0. The van der Waals surface area contributed by atoms with Crippen LogP contribution in [0.3, 0.4) is 0 Å². The summed E-state index contributed by atoms with van der Waals surface area (Å²) in [7, 11) is 0. The van der Waals surface area contributed by atoms with Gasteiger partial charge < -0.3 is 9.73 Å². The monoisotopic (exact) mass is 178 g/mol. The van der Waals surface area contributed by atoms with E-state index in [2.05, 4.69) is 10.3 Å². The molecule has 0 radical (unpaired) electrons. The van der Waals surface area contributed by atoms with Crippen molar-refractivity contribution >= 4 is 5.84 Å². The van der Waals surface area contributed by atoms with E-state index in [0.717, 1.165) is 36.9 Å². The maximum absolute atomic E-state index is 5.43. The SMILES string of the molecule is Cc1ccc(CNC2=NCCC2)o1. The summed E-state index contributed by atoms with van der Waals surface area (Å²) in [6.45, 7) is 3.68. The van der Waals surface area contributed by atoms with Crippen LogP contribution in [0, 0.1) is 6.92 Å². The van der Waals surface area contributed by atoms with Crippen LogP contribution in [0.2, 0.25) is 0 Å².